The van der Waals surface area contributed by atoms with E-state index >= 15 is 0 Å². The first kappa shape index (κ1) is 13.5. The minimum atomic E-state index is -1.01. The fourth-order valence-corrected chi connectivity index (χ4v) is 2.83. The summed E-state index contributed by atoms with van der Waals surface area (Å²) < 4.78 is 1.45. The van der Waals surface area contributed by atoms with E-state index in [0.29, 0.717) is 17.8 Å². The Morgan fingerprint density at radius 3 is 2.63 bits per heavy atom. The maximum absolute atomic E-state index is 12.0. The molecule has 2 rings (SSSR count). The van der Waals surface area contributed by atoms with Gasteiger partial charge in [0, 0.05) is 22.8 Å². The molecule has 0 aromatic carbocycles. The van der Waals surface area contributed by atoms with Gasteiger partial charge in [-0.05, 0) is 26.3 Å². The molecule has 0 bridgehead atoms. The maximum Gasteiger partial charge on any atom is 0.337 e. The van der Waals surface area contributed by atoms with Gasteiger partial charge < -0.3 is 9.67 Å². The monoisotopic (exact) mass is 278 g/mol. The van der Waals surface area contributed by atoms with E-state index in [4.69, 9.17) is 0 Å². The predicted octanol–water partition coefficient (Wildman–Crippen LogP) is 1.98. The zero-order valence-electron chi connectivity index (χ0n) is 10.9. The Kier molecular flexibility index (Phi) is 3.53. The molecule has 2 heterocycles. The third-order valence-corrected chi connectivity index (χ3v) is 3.84. The number of hydrogen-bond acceptors (Lipinski definition) is 4. The number of aromatic carboxylic acids is 1. The molecule has 2 aromatic rings. The second-order valence-electron chi connectivity index (χ2n) is 4.38. The highest BCUT2D eigenvalue weighted by atomic mass is 32.1. The van der Waals surface area contributed by atoms with Crippen LogP contribution in [0.15, 0.2) is 17.1 Å². The molecule has 0 radical (unpaired) electrons. The lowest BCUT2D eigenvalue weighted by atomic mass is 10.1. The van der Waals surface area contributed by atoms with Gasteiger partial charge in [-0.1, -0.05) is 0 Å². The Balaban J connectivity index is 2.54. The second-order valence-corrected chi connectivity index (χ2v) is 5.70. The van der Waals surface area contributed by atoms with Crippen LogP contribution in [0.4, 0.5) is 0 Å². The molecule has 0 fully saturated rings. The van der Waals surface area contributed by atoms with Crippen LogP contribution in [0.3, 0.4) is 0 Å². The zero-order chi connectivity index (χ0) is 14.2. The largest absolute Gasteiger partial charge is 0.478 e. The van der Waals surface area contributed by atoms with Crippen LogP contribution in [-0.2, 0) is 6.54 Å². The Hall–Kier alpha value is -1.95. The molecule has 0 atom stereocenters. The van der Waals surface area contributed by atoms with E-state index in [9.17, 15) is 14.7 Å². The van der Waals surface area contributed by atoms with Crippen molar-refractivity contribution < 1.29 is 9.90 Å². The number of hydrogen-bond donors (Lipinski definition) is 1. The summed E-state index contributed by atoms with van der Waals surface area (Å²) in [5.74, 6) is -1.01. The van der Waals surface area contributed by atoms with Crippen molar-refractivity contribution in [1.82, 2.24) is 9.55 Å². The summed E-state index contributed by atoms with van der Waals surface area (Å²) in [6.45, 7) is 5.53. The zero-order valence-corrected chi connectivity index (χ0v) is 11.7. The molecule has 0 saturated heterocycles. The minimum absolute atomic E-state index is 0.188. The van der Waals surface area contributed by atoms with Crippen LogP contribution in [0, 0.1) is 20.8 Å². The fraction of sp³-hybridized carbons (Fsp3) is 0.308. The molecule has 100 valence electrons. The van der Waals surface area contributed by atoms with Crippen LogP contribution >= 0.6 is 11.3 Å². The molecule has 0 saturated carbocycles. The minimum Gasteiger partial charge on any atom is -0.478 e. The Labute approximate surface area is 114 Å². The number of carboxylic acids is 1. The van der Waals surface area contributed by atoms with Crippen molar-refractivity contribution in [3.8, 4) is 0 Å². The lowest BCUT2D eigenvalue weighted by Crippen LogP contribution is -2.25. The van der Waals surface area contributed by atoms with E-state index in [1.165, 1.54) is 22.0 Å². The van der Waals surface area contributed by atoms with Crippen molar-refractivity contribution in [2.24, 2.45) is 0 Å². The lowest BCUT2D eigenvalue weighted by molar-refractivity contribution is 0.0694. The van der Waals surface area contributed by atoms with Crippen LogP contribution in [0.1, 0.15) is 31.5 Å². The normalized spacial score (nSPS) is 10.7. The van der Waals surface area contributed by atoms with Gasteiger partial charge >= 0.3 is 5.97 Å². The summed E-state index contributed by atoms with van der Waals surface area (Å²) in [6.07, 6.45) is 1.74. The van der Waals surface area contributed by atoms with Crippen LogP contribution in [0.5, 0.6) is 0 Å². The summed E-state index contributed by atoms with van der Waals surface area (Å²) in [7, 11) is 0. The number of thiazole rings is 1. The van der Waals surface area contributed by atoms with Gasteiger partial charge in [-0.3, -0.25) is 4.79 Å². The average molecular weight is 278 g/mol. The van der Waals surface area contributed by atoms with Crippen molar-refractivity contribution in [3.05, 3.63) is 49.3 Å². The first-order chi connectivity index (χ1) is 8.90. The number of aryl methyl sites for hydroxylation is 2. The number of aromatic nitrogens is 2. The summed E-state index contributed by atoms with van der Waals surface area (Å²) >= 11 is 1.50. The highest BCUT2D eigenvalue weighted by Crippen LogP contribution is 2.15. The second kappa shape index (κ2) is 4.97. The van der Waals surface area contributed by atoms with Gasteiger partial charge in [0.2, 0.25) is 0 Å². The van der Waals surface area contributed by atoms with E-state index in [2.05, 4.69) is 4.98 Å². The highest BCUT2D eigenvalue weighted by Gasteiger charge is 2.16. The molecule has 0 aliphatic heterocycles. The quantitative estimate of drug-likeness (QED) is 0.931. The average Bonchev–Trinajstić information content (AvgIpc) is 2.69. The standard InChI is InChI=1S/C13H14N2O3S/c1-7-4-11(16)15(9(3)12(7)13(17)18)6-10-14-5-8(2)19-10/h4-5H,6H2,1-3H3,(H,17,18). The molecule has 6 heteroatoms. The molecule has 0 aliphatic carbocycles. The van der Waals surface area contributed by atoms with E-state index in [1.54, 1.807) is 20.0 Å². The molecule has 0 aliphatic rings. The summed E-state index contributed by atoms with van der Waals surface area (Å²) in [6, 6.07) is 1.36. The van der Waals surface area contributed by atoms with Crippen LogP contribution in [0.2, 0.25) is 0 Å². The van der Waals surface area contributed by atoms with Crippen molar-refractivity contribution in [2.45, 2.75) is 27.3 Å². The SMILES string of the molecule is Cc1cnc(Cn2c(C)c(C(=O)O)c(C)cc2=O)s1. The topological polar surface area (TPSA) is 72.2 Å². The summed E-state index contributed by atoms with van der Waals surface area (Å²) in [5, 5.41) is 10.00. The first-order valence-electron chi connectivity index (χ1n) is 5.75. The fourth-order valence-electron chi connectivity index (χ4n) is 2.05. The molecule has 1 N–H and O–H groups in total. The van der Waals surface area contributed by atoms with Gasteiger partial charge in [0.25, 0.3) is 5.56 Å². The highest BCUT2D eigenvalue weighted by molar-refractivity contribution is 7.11. The maximum atomic E-state index is 12.0. The molecule has 0 spiro atoms. The van der Waals surface area contributed by atoms with Gasteiger partial charge in [0.1, 0.15) is 5.01 Å². The smallest absolute Gasteiger partial charge is 0.337 e. The van der Waals surface area contributed by atoms with Crippen molar-refractivity contribution in [1.29, 1.82) is 0 Å². The van der Waals surface area contributed by atoms with Gasteiger partial charge in [-0.25, -0.2) is 9.78 Å². The summed E-state index contributed by atoms with van der Waals surface area (Å²) in [5.41, 5.74) is 0.938. The number of pyridine rings is 1. The van der Waals surface area contributed by atoms with Gasteiger partial charge in [-0.2, -0.15) is 0 Å². The van der Waals surface area contributed by atoms with Gasteiger partial charge in [0.15, 0.2) is 0 Å². The first-order valence-corrected chi connectivity index (χ1v) is 6.57. The van der Waals surface area contributed by atoms with Crippen LogP contribution in [0.25, 0.3) is 0 Å². The predicted molar refractivity (Wildman–Crippen MR) is 73.1 cm³/mol. The number of rotatable bonds is 3. The molecular weight excluding hydrogens is 264 g/mol. The third-order valence-electron chi connectivity index (χ3n) is 2.94. The molecular formula is C13H14N2O3S. The molecule has 0 amide bonds. The molecule has 19 heavy (non-hydrogen) atoms. The number of nitrogens with zero attached hydrogens (tertiary/aromatic N) is 2. The third kappa shape index (κ3) is 2.58. The lowest BCUT2D eigenvalue weighted by Gasteiger charge is -2.12. The Bertz CT molecular complexity index is 700. The van der Waals surface area contributed by atoms with Crippen molar-refractivity contribution in [3.63, 3.8) is 0 Å². The van der Waals surface area contributed by atoms with Gasteiger partial charge in [0.05, 0.1) is 12.1 Å². The molecule has 0 unspecified atom stereocenters. The van der Waals surface area contributed by atoms with Crippen LogP contribution < -0.4 is 5.56 Å². The van der Waals surface area contributed by atoms with E-state index in [0.717, 1.165) is 9.88 Å². The van der Waals surface area contributed by atoms with E-state index in [1.807, 2.05) is 6.92 Å². The van der Waals surface area contributed by atoms with E-state index < -0.39 is 5.97 Å². The number of carbonyl (C=O) groups is 1. The summed E-state index contributed by atoms with van der Waals surface area (Å²) in [4.78, 5) is 28.5. The number of carboxylic acid groups (broad SMARTS) is 1. The molecule has 2 aromatic heterocycles. The molecule has 5 nitrogen and oxygen atoms in total. The van der Waals surface area contributed by atoms with Gasteiger partial charge in [-0.15, -0.1) is 11.3 Å². The van der Waals surface area contributed by atoms with Crippen molar-refractivity contribution >= 4 is 17.3 Å². The van der Waals surface area contributed by atoms with E-state index in [-0.39, 0.29) is 11.1 Å². The Morgan fingerprint density at radius 1 is 1.42 bits per heavy atom. The van der Waals surface area contributed by atoms with Crippen molar-refractivity contribution in [2.75, 3.05) is 0 Å². The Morgan fingerprint density at radius 2 is 2.11 bits per heavy atom. The van der Waals surface area contributed by atoms with Crippen LogP contribution in [-0.4, -0.2) is 20.6 Å².